The molecule has 2 aliphatic rings. The zero-order valence-electron chi connectivity index (χ0n) is 18.8. The Kier molecular flexibility index (Phi) is 6.26. The molecule has 7 nitrogen and oxygen atoms in total. The van der Waals surface area contributed by atoms with Crippen LogP contribution in [-0.4, -0.2) is 57.2 Å². The molecule has 2 heterocycles. The van der Waals surface area contributed by atoms with Crippen molar-refractivity contribution in [2.24, 2.45) is 0 Å². The van der Waals surface area contributed by atoms with Crippen LogP contribution >= 0.6 is 0 Å². The van der Waals surface area contributed by atoms with E-state index in [1.54, 1.807) is 21.3 Å². The lowest BCUT2D eigenvalue weighted by Crippen LogP contribution is -2.47. The molecule has 2 fully saturated rings. The van der Waals surface area contributed by atoms with Gasteiger partial charge in [0.05, 0.1) is 26.7 Å². The van der Waals surface area contributed by atoms with Crippen LogP contribution in [0.3, 0.4) is 0 Å². The van der Waals surface area contributed by atoms with Gasteiger partial charge in [-0.15, -0.1) is 0 Å². The highest BCUT2D eigenvalue weighted by Gasteiger charge is 2.53. The van der Waals surface area contributed by atoms with Gasteiger partial charge in [0, 0.05) is 25.6 Å². The maximum atomic E-state index is 13.6. The van der Waals surface area contributed by atoms with Crippen LogP contribution in [-0.2, 0) is 21.4 Å². The fraction of sp³-hybridized carbons (Fsp3) is 0.440. The van der Waals surface area contributed by atoms with Crippen molar-refractivity contribution < 1.29 is 23.8 Å². The fourth-order valence-electron chi connectivity index (χ4n) is 4.93. The number of carbonyl (C=O) groups excluding carboxylic acids is 2. The number of nitrogens with one attached hydrogen (secondary N) is 1. The maximum absolute atomic E-state index is 13.6. The van der Waals surface area contributed by atoms with Gasteiger partial charge in [0.25, 0.3) is 0 Å². The van der Waals surface area contributed by atoms with E-state index >= 15 is 0 Å². The SMILES string of the molecule is COc1cccc([C@]2(C(=O)NCCc3ccc(OC)c(OC)c3)C[C@@H]3CCC(=O)N3C2)c1. The minimum Gasteiger partial charge on any atom is -0.497 e. The van der Waals surface area contributed by atoms with Crippen LogP contribution in [0.1, 0.15) is 30.4 Å². The van der Waals surface area contributed by atoms with Crippen LogP contribution in [0.5, 0.6) is 17.2 Å². The highest BCUT2D eigenvalue weighted by atomic mass is 16.5. The van der Waals surface area contributed by atoms with Gasteiger partial charge in [-0.2, -0.15) is 0 Å². The molecule has 7 heteroatoms. The number of rotatable bonds is 8. The Hall–Kier alpha value is -3.22. The second-order valence-electron chi connectivity index (χ2n) is 8.43. The zero-order chi connectivity index (χ0) is 22.7. The third-order valence-electron chi connectivity index (χ3n) is 6.68. The molecule has 4 rings (SSSR count). The molecule has 0 aromatic heterocycles. The summed E-state index contributed by atoms with van der Waals surface area (Å²) < 4.78 is 16.1. The van der Waals surface area contributed by atoms with Gasteiger partial charge in [0.1, 0.15) is 5.75 Å². The van der Waals surface area contributed by atoms with Crippen LogP contribution in [0.25, 0.3) is 0 Å². The number of carbonyl (C=O) groups is 2. The lowest BCUT2D eigenvalue weighted by Gasteiger charge is -2.29. The first-order valence-electron chi connectivity index (χ1n) is 10.9. The molecule has 2 saturated heterocycles. The summed E-state index contributed by atoms with van der Waals surface area (Å²) in [6.07, 6.45) is 2.67. The van der Waals surface area contributed by atoms with Crippen LogP contribution < -0.4 is 19.5 Å². The van der Waals surface area contributed by atoms with Gasteiger partial charge in [-0.1, -0.05) is 18.2 Å². The Morgan fingerprint density at radius 3 is 2.62 bits per heavy atom. The van der Waals surface area contributed by atoms with E-state index in [4.69, 9.17) is 14.2 Å². The van der Waals surface area contributed by atoms with Crippen LogP contribution in [0.2, 0.25) is 0 Å². The normalized spacial score (nSPS) is 21.9. The van der Waals surface area contributed by atoms with E-state index in [0.29, 0.717) is 49.6 Å². The maximum Gasteiger partial charge on any atom is 0.232 e. The van der Waals surface area contributed by atoms with Crippen molar-refractivity contribution in [3.8, 4) is 17.2 Å². The number of fused-ring (bicyclic) bond motifs is 1. The van der Waals surface area contributed by atoms with Crippen molar-refractivity contribution in [3.05, 3.63) is 53.6 Å². The summed E-state index contributed by atoms with van der Waals surface area (Å²) in [5, 5.41) is 3.13. The van der Waals surface area contributed by atoms with Crippen molar-refractivity contribution in [3.63, 3.8) is 0 Å². The molecule has 2 aromatic carbocycles. The predicted molar refractivity (Wildman–Crippen MR) is 120 cm³/mol. The second kappa shape index (κ2) is 9.10. The second-order valence-corrected chi connectivity index (χ2v) is 8.43. The van der Waals surface area contributed by atoms with Crippen molar-refractivity contribution in [1.29, 1.82) is 0 Å². The van der Waals surface area contributed by atoms with E-state index in [2.05, 4.69) is 5.32 Å². The van der Waals surface area contributed by atoms with Crippen molar-refractivity contribution in [2.75, 3.05) is 34.4 Å². The van der Waals surface area contributed by atoms with Gasteiger partial charge in [0.2, 0.25) is 11.8 Å². The first-order valence-corrected chi connectivity index (χ1v) is 10.9. The predicted octanol–water partition coefficient (Wildman–Crippen LogP) is 2.70. The van der Waals surface area contributed by atoms with Gasteiger partial charge in [-0.25, -0.2) is 0 Å². The molecule has 0 bridgehead atoms. The van der Waals surface area contributed by atoms with Crippen LogP contribution in [0.4, 0.5) is 0 Å². The third-order valence-corrected chi connectivity index (χ3v) is 6.68. The van der Waals surface area contributed by atoms with Gasteiger partial charge in [0.15, 0.2) is 11.5 Å². The lowest BCUT2D eigenvalue weighted by molar-refractivity contribution is -0.129. The molecule has 2 amide bonds. The van der Waals surface area contributed by atoms with Crippen molar-refractivity contribution in [2.45, 2.75) is 37.1 Å². The van der Waals surface area contributed by atoms with E-state index in [-0.39, 0.29) is 17.9 Å². The van der Waals surface area contributed by atoms with E-state index in [1.807, 2.05) is 47.4 Å². The molecule has 170 valence electrons. The summed E-state index contributed by atoms with van der Waals surface area (Å²) in [7, 11) is 4.83. The molecule has 0 saturated carbocycles. The molecule has 2 atom stereocenters. The van der Waals surface area contributed by atoms with E-state index in [9.17, 15) is 9.59 Å². The molecular formula is C25H30N2O5. The molecule has 1 N–H and O–H groups in total. The first kappa shape index (κ1) is 22.0. The number of benzene rings is 2. The summed E-state index contributed by atoms with van der Waals surface area (Å²) in [5.41, 5.74) is 1.16. The smallest absolute Gasteiger partial charge is 0.232 e. The van der Waals surface area contributed by atoms with Crippen molar-refractivity contribution in [1.82, 2.24) is 10.2 Å². The number of hydrogen-bond donors (Lipinski definition) is 1. The Morgan fingerprint density at radius 2 is 1.91 bits per heavy atom. The highest BCUT2D eigenvalue weighted by molar-refractivity contribution is 5.91. The Labute approximate surface area is 188 Å². The minimum atomic E-state index is -0.771. The zero-order valence-corrected chi connectivity index (χ0v) is 18.8. The highest BCUT2D eigenvalue weighted by Crippen LogP contribution is 2.43. The molecule has 2 aromatic rings. The van der Waals surface area contributed by atoms with Gasteiger partial charge < -0.3 is 24.4 Å². The van der Waals surface area contributed by atoms with Gasteiger partial charge in [-0.3, -0.25) is 9.59 Å². The molecule has 0 spiro atoms. The molecule has 0 aliphatic carbocycles. The summed E-state index contributed by atoms with van der Waals surface area (Å²) in [6.45, 7) is 0.893. The minimum absolute atomic E-state index is 0.0478. The number of amides is 2. The fourth-order valence-corrected chi connectivity index (χ4v) is 4.93. The topological polar surface area (TPSA) is 77.1 Å². The summed E-state index contributed by atoms with van der Waals surface area (Å²) in [4.78, 5) is 27.8. The van der Waals surface area contributed by atoms with E-state index in [0.717, 1.165) is 17.5 Å². The van der Waals surface area contributed by atoms with E-state index < -0.39 is 5.41 Å². The molecule has 32 heavy (non-hydrogen) atoms. The van der Waals surface area contributed by atoms with E-state index in [1.165, 1.54) is 0 Å². The average Bonchev–Trinajstić information content (AvgIpc) is 3.38. The monoisotopic (exact) mass is 438 g/mol. The largest absolute Gasteiger partial charge is 0.497 e. The number of ether oxygens (including phenoxy) is 3. The average molecular weight is 439 g/mol. The molecular weight excluding hydrogens is 408 g/mol. The van der Waals surface area contributed by atoms with Crippen molar-refractivity contribution >= 4 is 11.8 Å². The summed E-state index contributed by atoms with van der Waals surface area (Å²) in [6, 6.07) is 13.5. The van der Waals surface area contributed by atoms with Crippen LogP contribution in [0, 0.1) is 0 Å². The quantitative estimate of drug-likeness (QED) is 0.686. The summed E-state index contributed by atoms with van der Waals surface area (Å²) in [5.74, 6) is 2.14. The van der Waals surface area contributed by atoms with Crippen LogP contribution in [0.15, 0.2) is 42.5 Å². The number of nitrogens with zero attached hydrogens (tertiary/aromatic N) is 1. The molecule has 0 radical (unpaired) electrons. The third kappa shape index (κ3) is 3.99. The number of hydrogen-bond acceptors (Lipinski definition) is 5. The number of methoxy groups -OCH3 is 3. The Bertz CT molecular complexity index is 1010. The van der Waals surface area contributed by atoms with Gasteiger partial charge >= 0.3 is 0 Å². The first-order chi connectivity index (χ1) is 15.5. The summed E-state index contributed by atoms with van der Waals surface area (Å²) >= 11 is 0. The molecule has 0 unspecified atom stereocenters. The standard InChI is InChI=1S/C25H30N2O5/c1-30-20-6-4-5-18(14-20)25(15-19-8-10-23(28)27(19)16-25)24(29)26-12-11-17-7-9-21(31-2)22(13-17)32-3/h4-7,9,13-14,19H,8,10-12,15-16H2,1-3H3,(H,26,29)/t19-,25-/m0/s1. The van der Waals surface area contributed by atoms with Gasteiger partial charge in [-0.05, 0) is 54.7 Å². The lowest BCUT2D eigenvalue weighted by atomic mass is 9.76. The molecule has 2 aliphatic heterocycles. The Morgan fingerprint density at radius 1 is 1.09 bits per heavy atom. The Balaban J connectivity index is 1.52.